The number of amidine groups is 1. The van der Waals surface area contributed by atoms with Crippen LogP contribution >= 0.6 is 0 Å². The van der Waals surface area contributed by atoms with Gasteiger partial charge in [-0.1, -0.05) is 28.9 Å². The van der Waals surface area contributed by atoms with Crippen LogP contribution in [0.5, 0.6) is 0 Å². The van der Waals surface area contributed by atoms with E-state index in [1.54, 1.807) is 30.3 Å². The van der Waals surface area contributed by atoms with Gasteiger partial charge < -0.3 is 10.6 Å². The van der Waals surface area contributed by atoms with Crippen molar-refractivity contribution in [1.82, 2.24) is 9.29 Å². The van der Waals surface area contributed by atoms with Crippen LogP contribution in [0.3, 0.4) is 0 Å². The van der Waals surface area contributed by atoms with Crippen molar-refractivity contribution in [3.8, 4) is 0 Å². The third-order valence-electron chi connectivity index (χ3n) is 4.17. The third kappa shape index (κ3) is 3.86. The predicted molar refractivity (Wildman–Crippen MR) is 99.3 cm³/mol. The first-order chi connectivity index (χ1) is 13.3. The van der Waals surface area contributed by atoms with E-state index >= 15 is 0 Å². The Hall–Kier alpha value is -3.27. The Kier molecular flexibility index (Phi) is 5.41. The second-order valence-corrected chi connectivity index (χ2v) is 7.98. The highest BCUT2D eigenvalue weighted by atomic mass is 32.2. The molecule has 2 aromatic rings. The Morgan fingerprint density at radius 2 is 1.96 bits per heavy atom. The SMILES string of the molecule is Cc1ccc(S(=O)(=O)N2C(=O)CC[C@H]2C(=O)O/N=C(/N)c2ccccn2)cc1. The monoisotopic (exact) mass is 402 g/mol. The summed E-state index contributed by atoms with van der Waals surface area (Å²) in [4.78, 5) is 33.3. The van der Waals surface area contributed by atoms with E-state index in [0.717, 1.165) is 5.56 Å². The summed E-state index contributed by atoms with van der Waals surface area (Å²) in [5.74, 6) is -1.81. The average Bonchev–Trinajstić information content (AvgIpc) is 3.09. The van der Waals surface area contributed by atoms with Gasteiger partial charge in [0.05, 0.1) is 4.90 Å². The summed E-state index contributed by atoms with van der Waals surface area (Å²) >= 11 is 0. The minimum atomic E-state index is -4.20. The molecule has 0 spiro atoms. The number of aryl methyl sites for hydroxylation is 1. The topological polar surface area (TPSA) is 132 Å². The molecular weight excluding hydrogens is 384 g/mol. The van der Waals surface area contributed by atoms with Crippen LogP contribution in [-0.2, 0) is 24.4 Å². The molecule has 2 N–H and O–H groups in total. The highest BCUT2D eigenvalue weighted by Crippen LogP contribution is 2.28. The summed E-state index contributed by atoms with van der Waals surface area (Å²) in [6, 6.07) is 9.61. The number of carbonyl (C=O) groups is 2. The van der Waals surface area contributed by atoms with Gasteiger partial charge in [0, 0.05) is 12.6 Å². The standard InChI is InChI=1S/C18H18N4O5S/c1-12-5-7-13(8-6-12)28(25,26)22-15(9-10-16(22)23)18(24)27-21-17(19)14-4-2-3-11-20-14/h2-8,11,15H,9-10H2,1H3,(H2,19,21)/t15-/m0/s1. The number of nitrogens with two attached hydrogens (primary N) is 1. The molecular formula is C18H18N4O5S. The van der Waals surface area contributed by atoms with E-state index in [1.165, 1.54) is 18.3 Å². The van der Waals surface area contributed by atoms with Crippen molar-refractivity contribution in [3.05, 3.63) is 59.9 Å². The maximum atomic E-state index is 12.9. The molecule has 1 aromatic heterocycles. The van der Waals surface area contributed by atoms with Crippen LogP contribution in [0.25, 0.3) is 0 Å². The van der Waals surface area contributed by atoms with Crippen molar-refractivity contribution < 1.29 is 22.8 Å². The number of pyridine rings is 1. The van der Waals surface area contributed by atoms with Gasteiger partial charge in [-0.15, -0.1) is 0 Å². The maximum Gasteiger partial charge on any atom is 0.358 e. The fourth-order valence-electron chi connectivity index (χ4n) is 2.72. The minimum absolute atomic E-state index is 0.00176. The zero-order valence-corrected chi connectivity index (χ0v) is 15.8. The van der Waals surface area contributed by atoms with E-state index in [2.05, 4.69) is 10.1 Å². The van der Waals surface area contributed by atoms with Gasteiger partial charge in [0.25, 0.3) is 10.0 Å². The van der Waals surface area contributed by atoms with Crippen molar-refractivity contribution in [1.29, 1.82) is 0 Å². The summed E-state index contributed by atoms with van der Waals surface area (Å²) in [6.07, 6.45) is 1.40. The lowest BCUT2D eigenvalue weighted by Gasteiger charge is -2.22. The number of hydrogen-bond donors (Lipinski definition) is 1. The number of aromatic nitrogens is 1. The smallest absolute Gasteiger partial charge is 0.358 e. The molecule has 9 nitrogen and oxygen atoms in total. The van der Waals surface area contributed by atoms with Gasteiger partial charge in [-0.05, 0) is 37.6 Å². The molecule has 1 aliphatic rings. The quantitative estimate of drug-likeness (QED) is 0.340. The molecule has 0 radical (unpaired) electrons. The molecule has 28 heavy (non-hydrogen) atoms. The fourth-order valence-corrected chi connectivity index (χ4v) is 4.31. The summed E-state index contributed by atoms with van der Waals surface area (Å²) in [6.45, 7) is 1.81. The fraction of sp³-hybridized carbons (Fsp3) is 0.222. The number of carbonyl (C=O) groups excluding carboxylic acids is 2. The molecule has 0 bridgehead atoms. The van der Waals surface area contributed by atoms with Crippen molar-refractivity contribution in [3.63, 3.8) is 0 Å². The molecule has 1 aliphatic heterocycles. The van der Waals surface area contributed by atoms with Crippen LogP contribution in [0.15, 0.2) is 58.7 Å². The number of oxime groups is 1. The van der Waals surface area contributed by atoms with E-state index in [0.29, 0.717) is 10.00 Å². The lowest BCUT2D eigenvalue weighted by atomic mass is 10.2. The summed E-state index contributed by atoms with van der Waals surface area (Å²) in [5, 5.41) is 3.51. The molecule has 2 heterocycles. The Labute approximate surface area is 161 Å². The van der Waals surface area contributed by atoms with Gasteiger partial charge in [-0.2, -0.15) is 0 Å². The summed E-state index contributed by atoms with van der Waals surface area (Å²) in [7, 11) is -4.20. The first-order valence-electron chi connectivity index (χ1n) is 8.40. The van der Waals surface area contributed by atoms with E-state index < -0.39 is 27.9 Å². The molecule has 146 valence electrons. The minimum Gasteiger partial charge on any atom is -0.379 e. The molecule has 1 amide bonds. The number of rotatable bonds is 5. The van der Waals surface area contributed by atoms with Gasteiger partial charge in [0.1, 0.15) is 11.7 Å². The first kappa shape index (κ1) is 19.5. The molecule has 1 atom stereocenters. The van der Waals surface area contributed by atoms with E-state index in [9.17, 15) is 18.0 Å². The zero-order chi connectivity index (χ0) is 20.3. The van der Waals surface area contributed by atoms with Crippen molar-refractivity contribution >= 4 is 27.7 Å². The lowest BCUT2D eigenvalue weighted by molar-refractivity contribution is -0.149. The van der Waals surface area contributed by atoms with E-state index in [-0.39, 0.29) is 23.6 Å². The highest BCUT2D eigenvalue weighted by Gasteiger charge is 2.45. The maximum absolute atomic E-state index is 12.9. The molecule has 10 heteroatoms. The van der Waals surface area contributed by atoms with Crippen molar-refractivity contribution in [2.75, 3.05) is 0 Å². The number of amides is 1. The van der Waals surface area contributed by atoms with Crippen LogP contribution in [0.1, 0.15) is 24.1 Å². The molecule has 0 saturated carbocycles. The molecule has 3 rings (SSSR count). The molecule has 0 unspecified atom stereocenters. The molecule has 0 aliphatic carbocycles. The Morgan fingerprint density at radius 3 is 2.61 bits per heavy atom. The van der Waals surface area contributed by atoms with E-state index in [4.69, 9.17) is 10.6 Å². The van der Waals surface area contributed by atoms with Gasteiger partial charge in [-0.25, -0.2) is 17.5 Å². The van der Waals surface area contributed by atoms with Crippen molar-refractivity contribution in [2.24, 2.45) is 10.9 Å². The van der Waals surface area contributed by atoms with Gasteiger partial charge in [0.15, 0.2) is 5.84 Å². The van der Waals surface area contributed by atoms with Crippen LogP contribution in [-0.4, -0.2) is 41.5 Å². The zero-order valence-electron chi connectivity index (χ0n) is 15.0. The van der Waals surface area contributed by atoms with Crippen LogP contribution in [0.2, 0.25) is 0 Å². The lowest BCUT2D eigenvalue weighted by Crippen LogP contribution is -2.43. The number of nitrogens with zero attached hydrogens (tertiary/aromatic N) is 3. The Bertz CT molecular complexity index is 1020. The third-order valence-corrected chi connectivity index (χ3v) is 6.02. The van der Waals surface area contributed by atoms with Crippen molar-refractivity contribution in [2.45, 2.75) is 30.7 Å². The highest BCUT2D eigenvalue weighted by molar-refractivity contribution is 7.89. The first-order valence-corrected chi connectivity index (χ1v) is 9.84. The second-order valence-electron chi connectivity index (χ2n) is 6.16. The van der Waals surface area contributed by atoms with Crippen LogP contribution in [0, 0.1) is 6.92 Å². The van der Waals surface area contributed by atoms with Gasteiger partial charge in [-0.3, -0.25) is 9.78 Å². The largest absolute Gasteiger partial charge is 0.379 e. The van der Waals surface area contributed by atoms with E-state index in [1.807, 2.05) is 6.92 Å². The summed E-state index contributed by atoms with van der Waals surface area (Å²) in [5.41, 5.74) is 6.86. The predicted octanol–water partition coefficient (Wildman–Crippen LogP) is 0.933. The van der Waals surface area contributed by atoms with Gasteiger partial charge in [0.2, 0.25) is 5.91 Å². The Morgan fingerprint density at radius 1 is 1.25 bits per heavy atom. The van der Waals surface area contributed by atoms with Crippen LogP contribution < -0.4 is 5.73 Å². The number of benzene rings is 1. The number of sulfonamides is 1. The Balaban J connectivity index is 1.82. The molecule has 1 saturated heterocycles. The van der Waals surface area contributed by atoms with Gasteiger partial charge >= 0.3 is 5.97 Å². The second kappa shape index (κ2) is 7.77. The number of hydrogen-bond acceptors (Lipinski definition) is 7. The summed E-state index contributed by atoms with van der Waals surface area (Å²) < 4.78 is 26.3. The normalized spacial score (nSPS) is 17.6. The van der Waals surface area contributed by atoms with Crippen LogP contribution in [0.4, 0.5) is 0 Å². The molecule has 1 fully saturated rings. The molecule has 1 aromatic carbocycles. The average molecular weight is 402 g/mol.